The van der Waals surface area contributed by atoms with Gasteiger partial charge in [0.2, 0.25) is 5.91 Å². The van der Waals surface area contributed by atoms with Crippen molar-refractivity contribution in [1.29, 1.82) is 0 Å². The molecule has 1 amide bonds. The van der Waals surface area contributed by atoms with Crippen LogP contribution in [0.4, 0.5) is 11.4 Å². The van der Waals surface area contributed by atoms with E-state index < -0.39 is 0 Å². The highest BCUT2D eigenvalue weighted by Gasteiger charge is 2.26. The van der Waals surface area contributed by atoms with Crippen LogP contribution in [-0.4, -0.2) is 5.91 Å². The van der Waals surface area contributed by atoms with E-state index in [0.29, 0.717) is 0 Å². The molecule has 0 radical (unpaired) electrons. The van der Waals surface area contributed by atoms with E-state index in [1.165, 1.54) is 16.5 Å². The SMILES string of the molecule is CC(=O)N1c2ccccc2Cc2ccc3ccccc3c21. The van der Waals surface area contributed by atoms with Crippen LogP contribution in [0.2, 0.25) is 0 Å². The van der Waals surface area contributed by atoms with E-state index in [1.807, 2.05) is 35.2 Å². The number of amides is 1. The van der Waals surface area contributed by atoms with Crippen LogP contribution in [0.15, 0.2) is 60.7 Å². The number of nitrogens with zero attached hydrogens (tertiary/aromatic N) is 1. The van der Waals surface area contributed by atoms with E-state index in [4.69, 9.17) is 0 Å². The van der Waals surface area contributed by atoms with Crippen molar-refractivity contribution in [2.24, 2.45) is 0 Å². The van der Waals surface area contributed by atoms with Gasteiger partial charge in [-0.15, -0.1) is 0 Å². The summed E-state index contributed by atoms with van der Waals surface area (Å²) >= 11 is 0. The molecule has 0 aliphatic carbocycles. The molecule has 0 N–H and O–H groups in total. The third kappa shape index (κ3) is 1.76. The van der Waals surface area contributed by atoms with Crippen LogP contribution >= 0.6 is 0 Å². The van der Waals surface area contributed by atoms with E-state index in [1.54, 1.807) is 6.92 Å². The molecule has 0 fully saturated rings. The van der Waals surface area contributed by atoms with Crippen LogP contribution in [0.5, 0.6) is 0 Å². The molecule has 0 bridgehead atoms. The monoisotopic (exact) mass is 273 g/mol. The van der Waals surface area contributed by atoms with Gasteiger partial charge in [0.15, 0.2) is 0 Å². The number of hydrogen-bond donors (Lipinski definition) is 0. The number of rotatable bonds is 0. The summed E-state index contributed by atoms with van der Waals surface area (Å²) in [5.74, 6) is 0.0553. The second kappa shape index (κ2) is 4.45. The van der Waals surface area contributed by atoms with Gasteiger partial charge in [0.25, 0.3) is 0 Å². The fourth-order valence-corrected chi connectivity index (χ4v) is 3.24. The lowest BCUT2D eigenvalue weighted by Crippen LogP contribution is -2.28. The van der Waals surface area contributed by atoms with Crippen molar-refractivity contribution in [1.82, 2.24) is 0 Å². The van der Waals surface area contributed by atoms with Gasteiger partial charge >= 0.3 is 0 Å². The molecule has 102 valence electrons. The van der Waals surface area contributed by atoms with Crippen molar-refractivity contribution in [2.45, 2.75) is 13.3 Å². The summed E-state index contributed by atoms with van der Waals surface area (Å²) in [6.07, 6.45) is 0.875. The van der Waals surface area contributed by atoms with Gasteiger partial charge in [-0.3, -0.25) is 9.69 Å². The Morgan fingerprint density at radius 2 is 1.67 bits per heavy atom. The minimum Gasteiger partial charge on any atom is -0.280 e. The lowest BCUT2D eigenvalue weighted by molar-refractivity contribution is -0.115. The third-order valence-electron chi connectivity index (χ3n) is 4.14. The predicted molar refractivity (Wildman–Crippen MR) is 86.0 cm³/mol. The van der Waals surface area contributed by atoms with Crippen LogP contribution in [0.25, 0.3) is 10.8 Å². The first kappa shape index (κ1) is 12.2. The van der Waals surface area contributed by atoms with Crippen LogP contribution in [-0.2, 0) is 11.2 Å². The Hall–Kier alpha value is -2.61. The normalized spacial score (nSPS) is 12.9. The summed E-state index contributed by atoms with van der Waals surface area (Å²) in [6, 6.07) is 20.7. The molecule has 0 spiro atoms. The molecule has 1 heterocycles. The summed E-state index contributed by atoms with van der Waals surface area (Å²) in [4.78, 5) is 14.2. The lowest BCUT2D eigenvalue weighted by atomic mass is 9.92. The van der Waals surface area contributed by atoms with Gasteiger partial charge in [0, 0.05) is 18.7 Å². The smallest absolute Gasteiger partial charge is 0.228 e. The molecule has 0 aromatic heterocycles. The van der Waals surface area contributed by atoms with Crippen molar-refractivity contribution in [3.05, 3.63) is 71.8 Å². The van der Waals surface area contributed by atoms with Gasteiger partial charge in [-0.05, 0) is 22.6 Å². The first-order chi connectivity index (χ1) is 10.3. The maximum Gasteiger partial charge on any atom is 0.228 e. The molecule has 2 heteroatoms. The standard InChI is InChI=1S/C19H15NO/c1-13(21)20-18-9-5-3-7-15(18)12-16-11-10-14-6-2-4-8-17(14)19(16)20/h2-11H,12H2,1H3. The molecule has 0 saturated carbocycles. The van der Waals surface area contributed by atoms with Crippen LogP contribution in [0.3, 0.4) is 0 Å². The van der Waals surface area contributed by atoms with Gasteiger partial charge in [-0.25, -0.2) is 0 Å². The molecule has 1 aliphatic rings. The first-order valence-corrected chi connectivity index (χ1v) is 7.15. The Balaban J connectivity index is 2.08. The van der Waals surface area contributed by atoms with Crippen molar-refractivity contribution >= 4 is 28.1 Å². The van der Waals surface area contributed by atoms with E-state index in [2.05, 4.69) is 30.3 Å². The number of benzene rings is 3. The fourth-order valence-electron chi connectivity index (χ4n) is 3.24. The second-order valence-corrected chi connectivity index (χ2v) is 5.45. The molecule has 0 saturated heterocycles. The molecule has 0 atom stereocenters. The Morgan fingerprint density at radius 1 is 0.905 bits per heavy atom. The number of hydrogen-bond acceptors (Lipinski definition) is 1. The highest BCUT2D eigenvalue weighted by Crippen LogP contribution is 2.42. The van der Waals surface area contributed by atoms with Crippen LogP contribution in [0, 0.1) is 0 Å². The zero-order chi connectivity index (χ0) is 14.4. The molecule has 4 rings (SSSR count). The second-order valence-electron chi connectivity index (χ2n) is 5.45. The van der Waals surface area contributed by atoms with E-state index >= 15 is 0 Å². The molecule has 3 aromatic rings. The lowest BCUT2D eigenvalue weighted by Gasteiger charge is -2.32. The first-order valence-electron chi connectivity index (χ1n) is 7.15. The van der Waals surface area contributed by atoms with Gasteiger partial charge < -0.3 is 0 Å². The maximum absolute atomic E-state index is 12.3. The van der Waals surface area contributed by atoms with E-state index in [0.717, 1.165) is 23.2 Å². The van der Waals surface area contributed by atoms with Gasteiger partial charge in [-0.1, -0.05) is 54.6 Å². The summed E-state index contributed by atoms with van der Waals surface area (Å²) in [5, 5.41) is 2.31. The largest absolute Gasteiger partial charge is 0.280 e. The summed E-state index contributed by atoms with van der Waals surface area (Å²) in [5.41, 5.74) is 4.46. The Kier molecular flexibility index (Phi) is 2.58. The number of para-hydroxylation sites is 1. The quantitative estimate of drug-likeness (QED) is 0.593. The summed E-state index contributed by atoms with van der Waals surface area (Å²) in [7, 11) is 0. The van der Waals surface area contributed by atoms with Gasteiger partial charge in [-0.2, -0.15) is 0 Å². The van der Waals surface area contributed by atoms with Crippen molar-refractivity contribution < 1.29 is 4.79 Å². The summed E-state index contributed by atoms with van der Waals surface area (Å²) < 4.78 is 0. The molecule has 1 aliphatic heterocycles. The highest BCUT2D eigenvalue weighted by molar-refractivity contribution is 6.10. The average molecular weight is 273 g/mol. The number of carbonyl (C=O) groups excluding carboxylic acids is 1. The van der Waals surface area contributed by atoms with Crippen molar-refractivity contribution in [2.75, 3.05) is 4.90 Å². The third-order valence-corrected chi connectivity index (χ3v) is 4.14. The van der Waals surface area contributed by atoms with Crippen molar-refractivity contribution in [3.63, 3.8) is 0 Å². The minimum absolute atomic E-state index is 0.0553. The average Bonchev–Trinajstić information content (AvgIpc) is 2.52. The maximum atomic E-state index is 12.3. The summed E-state index contributed by atoms with van der Waals surface area (Å²) in [6.45, 7) is 1.63. The molecule has 0 unspecified atom stereocenters. The van der Waals surface area contributed by atoms with E-state index in [-0.39, 0.29) is 5.91 Å². The minimum atomic E-state index is 0.0553. The van der Waals surface area contributed by atoms with Gasteiger partial charge in [0.1, 0.15) is 0 Å². The Morgan fingerprint density at radius 3 is 2.52 bits per heavy atom. The molecular formula is C19H15NO. The molecular weight excluding hydrogens is 258 g/mol. The fraction of sp³-hybridized carbons (Fsp3) is 0.105. The van der Waals surface area contributed by atoms with Crippen LogP contribution in [0.1, 0.15) is 18.1 Å². The Labute approximate surface area is 123 Å². The van der Waals surface area contributed by atoms with Crippen LogP contribution < -0.4 is 4.90 Å². The number of carbonyl (C=O) groups is 1. The number of anilines is 2. The molecule has 2 nitrogen and oxygen atoms in total. The highest BCUT2D eigenvalue weighted by atomic mass is 16.2. The molecule has 21 heavy (non-hydrogen) atoms. The Bertz CT molecular complexity index is 866. The van der Waals surface area contributed by atoms with Gasteiger partial charge in [0.05, 0.1) is 11.4 Å². The zero-order valence-electron chi connectivity index (χ0n) is 11.8. The zero-order valence-corrected chi connectivity index (χ0v) is 11.8. The van der Waals surface area contributed by atoms with E-state index in [9.17, 15) is 4.79 Å². The van der Waals surface area contributed by atoms with Crippen molar-refractivity contribution in [3.8, 4) is 0 Å². The predicted octanol–water partition coefficient (Wildman–Crippen LogP) is 4.43. The number of fused-ring (bicyclic) bond motifs is 4. The topological polar surface area (TPSA) is 20.3 Å². The molecule has 3 aromatic carbocycles.